The number of nitrogens with zero attached hydrogens (tertiary/aromatic N) is 1. The zero-order valence-corrected chi connectivity index (χ0v) is 10.7. The second-order valence-corrected chi connectivity index (χ2v) is 5.36. The average molecular weight is 298 g/mol. The lowest BCUT2D eigenvalue weighted by Crippen LogP contribution is -2.09. The first-order valence-corrected chi connectivity index (χ1v) is 6.31. The SMILES string of the molecule is CC(CCCl)Sc1nc[nH]c(=O)c1Br. The molecule has 78 valence electrons. The predicted octanol–water partition coefficient (Wildman–Crippen LogP) is 2.64. The van der Waals surface area contributed by atoms with Gasteiger partial charge in [0.2, 0.25) is 0 Å². The van der Waals surface area contributed by atoms with E-state index in [0.29, 0.717) is 20.6 Å². The molecular weight excluding hydrogens is 288 g/mol. The number of aromatic nitrogens is 2. The van der Waals surface area contributed by atoms with Gasteiger partial charge in [0, 0.05) is 11.1 Å². The molecule has 0 spiro atoms. The maximum Gasteiger partial charge on any atom is 0.266 e. The van der Waals surface area contributed by atoms with Gasteiger partial charge in [0.25, 0.3) is 5.56 Å². The van der Waals surface area contributed by atoms with Crippen molar-refractivity contribution in [3.05, 3.63) is 21.2 Å². The van der Waals surface area contributed by atoms with E-state index in [-0.39, 0.29) is 5.56 Å². The molecule has 0 aliphatic heterocycles. The molecule has 0 amide bonds. The Bertz CT molecular complexity index is 357. The maximum absolute atomic E-state index is 11.2. The van der Waals surface area contributed by atoms with Crippen molar-refractivity contribution in [2.45, 2.75) is 23.6 Å². The molecule has 1 unspecified atom stereocenters. The van der Waals surface area contributed by atoms with Crippen LogP contribution in [0.3, 0.4) is 0 Å². The molecule has 14 heavy (non-hydrogen) atoms. The van der Waals surface area contributed by atoms with Crippen LogP contribution in [0.25, 0.3) is 0 Å². The van der Waals surface area contributed by atoms with Crippen LogP contribution in [0, 0.1) is 0 Å². The lowest BCUT2D eigenvalue weighted by molar-refractivity contribution is 0.900. The molecule has 1 rings (SSSR count). The van der Waals surface area contributed by atoms with E-state index in [4.69, 9.17) is 11.6 Å². The van der Waals surface area contributed by atoms with Crippen molar-refractivity contribution in [1.82, 2.24) is 9.97 Å². The minimum absolute atomic E-state index is 0.152. The van der Waals surface area contributed by atoms with Gasteiger partial charge in [-0.25, -0.2) is 4.98 Å². The van der Waals surface area contributed by atoms with E-state index in [9.17, 15) is 4.79 Å². The van der Waals surface area contributed by atoms with Gasteiger partial charge in [-0.3, -0.25) is 4.79 Å². The van der Waals surface area contributed by atoms with Gasteiger partial charge >= 0.3 is 0 Å². The van der Waals surface area contributed by atoms with Gasteiger partial charge in [0.15, 0.2) is 0 Å². The average Bonchev–Trinajstić information content (AvgIpc) is 2.13. The zero-order valence-electron chi connectivity index (χ0n) is 7.59. The number of nitrogens with one attached hydrogen (secondary N) is 1. The Balaban J connectivity index is 2.76. The fourth-order valence-electron chi connectivity index (χ4n) is 0.852. The Labute approximate surface area is 99.8 Å². The first kappa shape index (κ1) is 12.1. The summed E-state index contributed by atoms with van der Waals surface area (Å²) in [6.45, 7) is 2.06. The monoisotopic (exact) mass is 296 g/mol. The molecule has 1 aromatic rings. The summed E-state index contributed by atoms with van der Waals surface area (Å²) >= 11 is 10.4. The van der Waals surface area contributed by atoms with E-state index in [1.54, 1.807) is 11.8 Å². The molecule has 0 bridgehead atoms. The zero-order chi connectivity index (χ0) is 10.6. The third-order valence-electron chi connectivity index (χ3n) is 1.59. The van der Waals surface area contributed by atoms with Gasteiger partial charge in [-0.1, -0.05) is 6.92 Å². The van der Waals surface area contributed by atoms with Crippen molar-refractivity contribution in [2.24, 2.45) is 0 Å². The van der Waals surface area contributed by atoms with Gasteiger partial charge in [0.05, 0.1) is 6.33 Å². The summed E-state index contributed by atoms with van der Waals surface area (Å²) in [4.78, 5) is 17.8. The van der Waals surface area contributed by atoms with Crippen LogP contribution < -0.4 is 5.56 Å². The van der Waals surface area contributed by atoms with Crippen molar-refractivity contribution in [3.63, 3.8) is 0 Å². The van der Waals surface area contributed by atoms with Gasteiger partial charge in [-0.2, -0.15) is 0 Å². The van der Waals surface area contributed by atoms with E-state index in [1.165, 1.54) is 6.33 Å². The minimum Gasteiger partial charge on any atom is -0.312 e. The predicted molar refractivity (Wildman–Crippen MR) is 63.2 cm³/mol. The van der Waals surface area contributed by atoms with E-state index >= 15 is 0 Å². The highest BCUT2D eigenvalue weighted by atomic mass is 79.9. The first-order valence-electron chi connectivity index (χ1n) is 4.11. The molecule has 0 aliphatic rings. The van der Waals surface area contributed by atoms with E-state index < -0.39 is 0 Å². The fraction of sp³-hybridized carbons (Fsp3) is 0.500. The van der Waals surface area contributed by atoms with E-state index in [1.807, 2.05) is 0 Å². The number of hydrogen-bond acceptors (Lipinski definition) is 3. The third kappa shape index (κ3) is 3.29. The van der Waals surface area contributed by atoms with Gasteiger partial charge in [-0.05, 0) is 22.4 Å². The number of thioether (sulfide) groups is 1. The van der Waals surface area contributed by atoms with Crippen molar-refractivity contribution < 1.29 is 0 Å². The van der Waals surface area contributed by atoms with Crippen molar-refractivity contribution in [2.75, 3.05) is 5.88 Å². The highest BCUT2D eigenvalue weighted by molar-refractivity contribution is 9.10. The first-order chi connectivity index (χ1) is 6.65. The summed E-state index contributed by atoms with van der Waals surface area (Å²) in [5.74, 6) is 0.620. The quantitative estimate of drug-likeness (QED) is 0.528. The highest BCUT2D eigenvalue weighted by Crippen LogP contribution is 2.27. The number of aromatic amines is 1. The molecule has 1 aromatic heterocycles. The van der Waals surface area contributed by atoms with Gasteiger partial charge in [0.1, 0.15) is 9.50 Å². The molecule has 1 atom stereocenters. The molecular formula is C8H10BrClN2OS. The number of halogens is 2. The molecule has 6 heteroatoms. The second kappa shape index (κ2) is 5.78. The van der Waals surface area contributed by atoms with Crippen LogP contribution in [0.1, 0.15) is 13.3 Å². The Morgan fingerprint density at radius 1 is 1.79 bits per heavy atom. The number of alkyl halides is 1. The molecule has 1 heterocycles. The highest BCUT2D eigenvalue weighted by Gasteiger charge is 2.10. The summed E-state index contributed by atoms with van der Waals surface area (Å²) in [6.07, 6.45) is 2.30. The summed E-state index contributed by atoms with van der Waals surface area (Å²) in [6, 6.07) is 0. The summed E-state index contributed by atoms with van der Waals surface area (Å²) < 4.78 is 0.492. The molecule has 0 saturated carbocycles. The van der Waals surface area contributed by atoms with Crippen LogP contribution in [0.2, 0.25) is 0 Å². The summed E-state index contributed by atoms with van der Waals surface area (Å²) in [5, 5.41) is 1.07. The number of rotatable bonds is 4. The molecule has 3 nitrogen and oxygen atoms in total. The summed E-state index contributed by atoms with van der Waals surface area (Å²) in [7, 11) is 0. The summed E-state index contributed by atoms with van der Waals surface area (Å²) in [5.41, 5.74) is -0.152. The van der Waals surface area contributed by atoms with Crippen LogP contribution in [-0.4, -0.2) is 21.1 Å². The topological polar surface area (TPSA) is 45.8 Å². The Kier molecular flexibility index (Phi) is 4.98. The van der Waals surface area contributed by atoms with Gasteiger partial charge in [-0.15, -0.1) is 23.4 Å². The molecule has 0 radical (unpaired) electrons. The van der Waals surface area contributed by atoms with Crippen LogP contribution in [0.4, 0.5) is 0 Å². The Hall–Kier alpha value is -0.000000000000000167. The van der Waals surface area contributed by atoms with Crippen LogP contribution in [0.5, 0.6) is 0 Å². The fourth-order valence-corrected chi connectivity index (χ4v) is 2.73. The maximum atomic E-state index is 11.2. The number of hydrogen-bond donors (Lipinski definition) is 1. The van der Waals surface area contributed by atoms with E-state index in [0.717, 1.165) is 6.42 Å². The lowest BCUT2D eigenvalue weighted by atomic mass is 10.4. The number of H-pyrrole nitrogens is 1. The normalized spacial score (nSPS) is 12.8. The Morgan fingerprint density at radius 3 is 3.14 bits per heavy atom. The van der Waals surface area contributed by atoms with Crippen LogP contribution in [0.15, 0.2) is 20.6 Å². The standard InChI is InChI=1S/C8H10BrClN2OS/c1-5(2-3-10)14-8-6(9)7(13)11-4-12-8/h4-5H,2-3H2,1H3,(H,11,12,13). The van der Waals surface area contributed by atoms with Crippen LogP contribution in [-0.2, 0) is 0 Å². The smallest absolute Gasteiger partial charge is 0.266 e. The molecule has 0 saturated heterocycles. The van der Waals surface area contributed by atoms with E-state index in [2.05, 4.69) is 32.8 Å². The molecule has 0 aliphatic carbocycles. The second-order valence-electron chi connectivity index (χ2n) is 2.76. The lowest BCUT2D eigenvalue weighted by Gasteiger charge is -2.08. The molecule has 0 aromatic carbocycles. The minimum atomic E-state index is -0.152. The van der Waals surface area contributed by atoms with Crippen molar-refractivity contribution >= 4 is 39.3 Å². The molecule has 0 fully saturated rings. The van der Waals surface area contributed by atoms with Gasteiger partial charge < -0.3 is 4.98 Å². The van der Waals surface area contributed by atoms with Crippen LogP contribution >= 0.6 is 39.3 Å². The molecule has 1 N–H and O–H groups in total. The third-order valence-corrected chi connectivity index (χ3v) is 3.98. The van der Waals surface area contributed by atoms with Crippen molar-refractivity contribution in [3.8, 4) is 0 Å². The van der Waals surface area contributed by atoms with Crippen molar-refractivity contribution in [1.29, 1.82) is 0 Å². The Morgan fingerprint density at radius 2 is 2.50 bits per heavy atom. The largest absolute Gasteiger partial charge is 0.312 e.